The molecule has 2 nitrogen and oxygen atoms in total. The van der Waals surface area contributed by atoms with Crippen LogP contribution < -0.4 is 9.80 Å². The summed E-state index contributed by atoms with van der Waals surface area (Å²) in [7, 11) is 0. The number of benzene rings is 11. The van der Waals surface area contributed by atoms with Gasteiger partial charge in [0.2, 0.25) is 0 Å². The molecule has 0 bridgehead atoms. The zero-order valence-corrected chi connectivity index (χ0v) is 38.6. The standard InChI is InChI=1S/C63H42N2S2/c1-63(2)61-46-31-26-42(64(40-15-5-3-6-16-40)44-28-33-58-54(37-44)48-20-11-13-23-56(48)66-58)35-39(46)25-30-52(61)60-50-22-10-9-19-47(50)53-36-43(27-32-51(53)62(60)63)65(41-17-7-4-8-18-41)45-29-34-59-55(38-45)49-21-12-14-24-57(49)67-59/h3-38H,1-2H3. The molecule has 4 heteroatoms. The van der Waals surface area contributed by atoms with E-state index in [9.17, 15) is 0 Å². The minimum Gasteiger partial charge on any atom is -0.310 e. The van der Waals surface area contributed by atoms with Gasteiger partial charge in [-0.15, -0.1) is 22.7 Å². The van der Waals surface area contributed by atoms with Crippen LogP contribution in [0.2, 0.25) is 0 Å². The Morgan fingerprint density at radius 3 is 1.33 bits per heavy atom. The van der Waals surface area contributed by atoms with Crippen molar-refractivity contribution in [3.05, 3.63) is 230 Å². The van der Waals surface area contributed by atoms with E-state index in [1.165, 1.54) is 94.9 Å². The molecule has 0 saturated heterocycles. The maximum Gasteiger partial charge on any atom is 0.0468 e. The fourth-order valence-corrected chi connectivity index (χ4v) is 13.6. The first-order valence-corrected chi connectivity index (χ1v) is 24.7. The Hall–Kier alpha value is -7.76. The van der Waals surface area contributed by atoms with Crippen molar-refractivity contribution in [1.29, 1.82) is 0 Å². The molecule has 0 fully saturated rings. The molecular weight excluding hydrogens is 849 g/mol. The highest BCUT2D eigenvalue weighted by molar-refractivity contribution is 7.26. The van der Waals surface area contributed by atoms with E-state index >= 15 is 0 Å². The molecule has 14 rings (SSSR count). The van der Waals surface area contributed by atoms with Gasteiger partial charge in [-0.2, -0.15) is 0 Å². The Labute approximate surface area is 396 Å². The zero-order valence-electron chi connectivity index (χ0n) is 37.0. The third-order valence-corrected chi connectivity index (χ3v) is 16.6. The molecule has 11 aromatic carbocycles. The normalized spacial score (nSPS) is 13.0. The van der Waals surface area contributed by atoms with Crippen LogP contribution in [0.5, 0.6) is 0 Å². The quantitative estimate of drug-likeness (QED) is 0.154. The molecule has 67 heavy (non-hydrogen) atoms. The first-order chi connectivity index (χ1) is 33.0. The predicted molar refractivity (Wildman–Crippen MR) is 292 cm³/mol. The van der Waals surface area contributed by atoms with Crippen LogP contribution in [0.15, 0.2) is 218 Å². The van der Waals surface area contributed by atoms with E-state index in [0.29, 0.717) is 0 Å². The van der Waals surface area contributed by atoms with Crippen molar-refractivity contribution in [2.24, 2.45) is 0 Å². The van der Waals surface area contributed by atoms with Crippen molar-refractivity contribution >= 4 is 129 Å². The number of thiophene rings is 2. The molecule has 1 aliphatic rings. The van der Waals surface area contributed by atoms with Gasteiger partial charge in [0.15, 0.2) is 0 Å². The zero-order chi connectivity index (χ0) is 44.4. The van der Waals surface area contributed by atoms with Crippen LogP contribution in [0, 0.1) is 0 Å². The van der Waals surface area contributed by atoms with Gasteiger partial charge in [0.25, 0.3) is 0 Å². The van der Waals surface area contributed by atoms with Crippen LogP contribution in [0.25, 0.3) is 83.8 Å². The van der Waals surface area contributed by atoms with Gasteiger partial charge >= 0.3 is 0 Å². The Balaban J connectivity index is 0.931. The second-order valence-corrected chi connectivity index (χ2v) is 20.6. The highest BCUT2D eigenvalue weighted by Crippen LogP contribution is 2.57. The lowest BCUT2D eigenvalue weighted by Gasteiger charge is -2.28. The van der Waals surface area contributed by atoms with E-state index in [0.717, 1.165) is 34.1 Å². The van der Waals surface area contributed by atoms with Gasteiger partial charge in [-0.3, -0.25) is 0 Å². The van der Waals surface area contributed by atoms with Crippen LogP contribution in [0.4, 0.5) is 34.1 Å². The number of anilines is 6. The number of rotatable bonds is 6. The number of para-hydroxylation sites is 2. The molecule has 13 aromatic rings. The summed E-state index contributed by atoms with van der Waals surface area (Å²) in [5.41, 5.74) is 12.1. The molecule has 316 valence electrons. The smallest absolute Gasteiger partial charge is 0.0468 e. The number of nitrogens with zero attached hydrogens (tertiary/aromatic N) is 2. The molecule has 0 aliphatic heterocycles. The van der Waals surface area contributed by atoms with E-state index in [1.54, 1.807) is 0 Å². The maximum atomic E-state index is 2.44. The number of hydrogen-bond donors (Lipinski definition) is 0. The summed E-state index contributed by atoms with van der Waals surface area (Å²) in [5.74, 6) is 0. The van der Waals surface area contributed by atoms with Gasteiger partial charge in [-0.1, -0.05) is 135 Å². The van der Waals surface area contributed by atoms with E-state index in [4.69, 9.17) is 0 Å². The average Bonchev–Trinajstić information content (AvgIpc) is 4.02. The van der Waals surface area contributed by atoms with Crippen molar-refractivity contribution in [2.45, 2.75) is 19.3 Å². The third-order valence-electron chi connectivity index (χ3n) is 14.3. The maximum absolute atomic E-state index is 2.44. The fourth-order valence-electron chi connectivity index (χ4n) is 11.5. The summed E-state index contributed by atoms with van der Waals surface area (Å²) in [4.78, 5) is 4.84. The monoisotopic (exact) mass is 890 g/mol. The van der Waals surface area contributed by atoms with Gasteiger partial charge < -0.3 is 9.80 Å². The first kappa shape index (κ1) is 38.5. The highest BCUT2D eigenvalue weighted by atomic mass is 32.1. The van der Waals surface area contributed by atoms with Crippen molar-refractivity contribution in [3.8, 4) is 11.1 Å². The van der Waals surface area contributed by atoms with Crippen LogP contribution in [-0.4, -0.2) is 0 Å². The van der Waals surface area contributed by atoms with Crippen LogP contribution in [0.1, 0.15) is 25.0 Å². The van der Waals surface area contributed by atoms with Gasteiger partial charge in [0.05, 0.1) is 0 Å². The largest absolute Gasteiger partial charge is 0.310 e. The average molecular weight is 891 g/mol. The Morgan fingerprint density at radius 1 is 0.299 bits per heavy atom. The highest BCUT2D eigenvalue weighted by Gasteiger charge is 2.40. The molecule has 0 saturated carbocycles. The van der Waals surface area contributed by atoms with Crippen molar-refractivity contribution < 1.29 is 0 Å². The molecule has 0 N–H and O–H groups in total. The minimum absolute atomic E-state index is 0.274. The molecule has 0 atom stereocenters. The van der Waals surface area contributed by atoms with Crippen molar-refractivity contribution in [1.82, 2.24) is 0 Å². The van der Waals surface area contributed by atoms with Crippen molar-refractivity contribution in [3.63, 3.8) is 0 Å². The minimum atomic E-state index is -0.274. The van der Waals surface area contributed by atoms with Crippen LogP contribution in [0.3, 0.4) is 0 Å². The summed E-state index contributed by atoms with van der Waals surface area (Å²) < 4.78 is 5.25. The molecule has 0 amide bonds. The number of fused-ring (bicyclic) bond motifs is 16. The van der Waals surface area contributed by atoms with E-state index in [2.05, 4.69) is 242 Å². The molecule has 2 aromatic heterocycles. The van der Waals surface area contributed by atoms with Crippen LogP contribution >= 0.6 is 22.7 Å². The molecule has 0 spiro atoms. The molecule has 2 heterocycles. The van der Waals surface area contributed by atoms with E-state index in [1.807, 2.05) is 22.7 Å². The lowest BCUT2D eigenvalue weighted by atomic mass is 9.77. The lowest BCUT2D eigenvalue weighted by Crippen LogP contribution is -2.16. The first-order valence-electron chi connectivity index (χ1n) is 23.1. The van der Waals surface area contributed by atoms with E-state index in [-0.39, 0.29) is 5.41 Å². The SMILES string of the molecule is CC1(C)c2c(ccc3cc(N(c4ccccc4)c4ccc5sc6ccccc6c5c4)ccc23)-c2c1c1ccc(N(c3ccccc3)c3ccc4sc5ccccc5c4c3)cc1c1ccccc21. The topological polar surface area (TPSA) is 6.48 Å². The number of hydrogen-bond acceptors (Lipinski definition) is 4. The summed E-state index contributed by atoms with van der Waals surface area (Å²) >= 11 is 3.73. The molecule has 0 unspecified atom stereocenters. The predicted octanol–water partition coefficient (Wildman–Crippen LogP) is 19.1. The lowest BCUT2D eigenvalue weighted by molar-refractivity contribution is 0.672. The summed E-state index contributed by atoms with van der Waals surface area (Å²) in [6.07, 6.45) is 0. The van der Waals surface area contributed by atoms with Gasteiger partial charge in [-0.05, 0) is 152 Å². The molecule has 1 aliphatic carbocycles. The van der Waals surface area contributed by atoms with Gasteiger partial charge in [0.1, 0.15) is 0 Å². The van der Waals surface area contributed by atoms with Gasteiger partial charge in [-0.25, -0.2) is 0 Å². The summed E-state index contributed by atoms with van der Waals surface area (Å²) in [5, 5.41) is 12.9. The second kappa shape index (κ2) is 14.6. The summed E-state index contributed by atoms with van der Waals surface area (Å²) in [6.45, 7) is 4.89. The Kier molecular flexibility index (Phi) is 8.40. The summed E-state index contributed by atoms with van der Waals surface area (Å²) in [6, 6.07) is 81.2. The fraction of sp³-hybridized carbons (Fsp3) is 0.0476. The Bertz CT molecular complexity index is 4140. The van der Waals surface area contributed by atoms with Gasteiger partial charge in [0, 0.05) is 79.9 Å². The molecular formula is C63H42N2S2. The molecule has 0 radical (unpaired) electrons. The third kappa shape index (κ3) is 5.80. The van der Waals surface area contributed by atoms with Crippen LogP contribution in [-0.2, 0) is 5.41 Å². The second-order valence-electron chi connectivity index (χ2n) is 18.4. The Morgan fingerprint density at radius 2 is 0.746 bits per heavy atom. The van der Waals surface area contributed by atoms with E-state index < -0.39 is 0 Å². The van der Waals surface area contributed by atoms with Crippen molar-refractivity contribution in [2.75, 3.05) is 9.80 Å².